The first-order chi connectivity index (χ1) is 10.0. The lowest BCUT2D eigenvalue weighted by atomic mass is 10.1. The summed E-state index contributed by atoms with van der Waals surface area (Å²) in [6, 6.07) is 9.12. The van der Waals surface area contributed by atoms with Gasteiger partial charge in [0.2, 0.25) is 0 Å². The van der Waals surface area contributed by atoms with Gasteiger partial charge < -0.3 is 10.1 Å². The second kappa shape index (κ2) is 6.21. The van der Waals surface area contributed by atoms with Gasteiger partial charge in [-0.1, -0.05) is 6.07 Å². The molecule has 0 amide bonds. The zero-order chi connectivity index (χ0) is 15.4. The highest BCUT2D eigenvalue weighted by Gasteiger charge is 2.12. The van der Waals surface area contributed by atoms with Gasteiger partial charge in [-0.15, -0.1) is 0 Å². The van der Waals surface area contributed by atoms with Crippen LogP contribution in [0.4, 0.5) is 15.8 Å². The molecule has 110 valence electrons. The number of rotatable bonds is 5. The van der Waals surface area contributed by atoms with Gasteiger partial charge in [-0.25, -0.2) is 4.39 Å². The molecule has 0 saturated heterocycles. The molecule has 0 aliphatic heterocycles. The Morgan fingerprint density at radius 1 is 1.33 bits per heavy atom. The maximum absolute atomic E-state index is 13.5. The standard InChI is InChI=1S/C15H15FN2O3/c1-10-13(16)4-3-5-14(10)17-9-11-8-12(18(19)20)6-7-15(11)21-2/h3-8,17H,9H2,1-2H3. The minimum Gasteiger partial charge on any atom is -0.496 e. The Balaban J connectivity index is 2.24. The van der Waals surface area contributed by atoms with Gasteiger partial charge in [-0.05, 0) is 25.1 Å². The number of anilines is 1. The Morgan fingerprint density at radius 3 is 2.76 bits per heavy atom. The molecule has 2 aromatic carbocycles. The van der Waals surface area contributed by atoms with Crippen molar-refractivity contribution in [2.24, 2.45) is 0 Å². The highest BCUT2D eigenvalue weighted by molar-refractivity contribution is 5.53. The lowest BCUT2D eigenvalue weighted by Crippen LogP contribution is -2.04. The van der Waals surface area contributed by atoms with Crippen molar-refractivity contribution >= 4 is 11.4 Å². The SMILES string of the molecule is COc1ccc([N+](=O)[O-])cc1CNc1cccc(F)c1C. The maximum Gasteiger partial charge on any atom is 0.270 e. The first-order valence-corrected chi connectivity index (χ1v) is 6.33. The van der Waals surface area contributed by atoms with Crippen LogP contribution in [0.2, 0.25) is 0 Å². The van der Waals surface area contributed by atoms with Crippen LogP contribution in [0.15, 0.2) is 36.4 Å². The van der Waals surface area contributed by atoms with E-state index in [9.17, 15) is 14.5 Å². The molecule has 0 atom stereocenters. The highest BCUT2D eigenvalue weighted by Crippen LogP contribution is 2.26. The summed E-state index contributed by atoms with van der Waals surface area (Å²) in [5.74, 6) is 0.244. The van der Waals surface area contributed by atoms with Crippen LogP contribution in [0.1, 0.15) is 11.1 Å². The van der Waals surface area contributed by atoms with E-state index in [-0.39, 0.29) is 11.5 Å². The average Bonchev–Trinajstić information content (AvgIpc) is 2.48. The number of nitro groups is 1. The van der Waals surface area contributed by atoms with Crippen LogP contribution >= 0.6 is 0 Å². The predicted molar refractivity (Wildman–Crippen MR) is 78.1 cm³/mol. The topological polar surface area (TPSA) is 64.4 Å². The van der Waals surface area contributed by atoms with Crippen LogP contribution in [-0.2, 0) is 6.54 Å². The molecular formula is C15H15FN2O3. The van der Waals surface area contributed by atoms with E-state index in [1.165, 1.54) is 25.3 Å². The molecule has 0 aliphatic rings. The van der Waals surface area contributed by atoms with Crippen LogP contribution in [0.25, 0.3) is 0 Å². The van der Waals surface area contributed by atoms with Gasteiger partial charge >= 0.3 is 0 Å². The summed E-state index contributed by atoms with van der Waals surface area (Å²) >= 11 is 0. The third-order valence-corrected chi connectivity index (χ3v) is 3.21. The van der Waals surface area contributed by atoms with E-state index in [2.05, 4.69) is 5.32 Å². The Labute approximate surface area is 121 Å². The first kappa shape index (κ1) is 14.8. The average molecular weight is 290 g/mol. The van der Waals surface area contributed by atoms with Crippen molar-refractivity contribution in [3.63, 3.8) is 0 Å². The number of methoxy groups -OCH3 is 1. The number of hydrogen-bond acceptors (Lipinski definition) is 4. The molecule has 0 fully saturated rings. The molecule has 1 N–H and O–H groups in total. The van der Waals surface area contributed by atoms with Gasteiger partial charge in [0.15, 0.2) is 0 Å². The number of benzene rings is 2. The largest absolute Gasteiger partial charge is 0.496 e. The normalized spacial score (nSPS) is 10.2. The van der Waals surface area contributed by atoms with Crippen molar-refractivity contribution in [3.8, 4) is 5.75 Å². The van der Waals surface area contributed by atoms with Crippen LogP contribution < -0.4 is 10.1 Å². The second-order valence-electron chi connectivity index (χ2n) is 4.52. The van der Waals surface area contributed by atoms with E-state index >= 15 is 0 Å². The number of halogens is 1. The summed E-state index contributed by atoms with van der Waals surface area (Å²) in [7, 11) is 1.50. The van der Waals surface area contributed by atoms with Crippen molar-refractivity contribution < 1.29 is 14.1 Å². The van der Waals surface area contributed by atoms with Crippen LogP contribution in [-0.4, -0.2) is 12.0 Å². The zero-order valence-corrected chi connectivity index (χ0v) is 11.7. The molecule has 0 aliphatic carbocycles. The fourth-order valence-electron chi connectivity index (χ4n) is 2.01. The van der Waals surface area contributed by atoms with Crippen LogP contribution in [0.5, 0.6) is 5.75 Å². The number of nitrogens with one attached hydrogen (secondary N) is 1. The van der Waals surface area contributed by atoms with E-state index in [0.717, 1.165) is 0 Å². The van der Waals surface area contributed by atoms with Gasteiger partial charge in [0.05, 0.1) is 12.0 Å². The molecular weight excluding hydrogens is 275 g/mol. The quantitative estimate of drug-likeness (QED) is 0.674. The number of nitro benzene ring substituents is 1. The van der Waals surface area contributed by atoms with Gasteiger partial charge in [0.1, 0.15) is 11.6 Å². The van der Waals surface area contributed by atoms with Gasteiger partial charge in [-0.2, -0.15) is 0 Å². The van der Waals surface area contributed by atoms with E-state index in [1.54, 1.807) is 25.1 Å². The van der Waals surface area contributed by atoms with Gasteiger partial charge in [0.25, 0.3) is 5.69 Å². The second-order valence-corrected chi connectivity index (χ2v) is 4.52. The third kappa shape index (κ3) is 3.28. The molecule has 6 heteroatoms. The molecule has 0 heterocycles. The van der Waals surface area contributed by atoms with Crippen LogP contribution in [0.3, 0.4) is 0 Å². The summed E-state index contributed by atoms with van der Waals surface area (Å²) in [6.45, 7) is 1.97. The molecule has 0 unspecified atom stereocenters. The van der Waals surface area contributed by atoms with Crippen molar-refractivity contribution in [3.05, 3.63) is 63.5 Å². The summed E-state index contributed by atoms with van der Waals surface area (Å²) in [5, 5.41) is 13.9. The molecule has 5 nitrogen and oxygen atoms in total. The summed E-state index contributed by atoms with van der Waals surface area (Å²) in [4.78, 5) is 10.4. The van der Waals surface area contributed by atoms with Gasteiger partial charge in [0, 0.05) is 35.5 Å². The highest BCUT2D eigenvalue weighted by atomic mass is 19.1. The van der Waals surface area contributed by atoms with Crippen molar-refractivity contribution in [1.82, 2.24) is 0 Å². The van der Waals surface area contributed by atoms with E-state index in [1.807, 2.05) is 0 Å². The lowest BCUT2D eigenvalue weighted by Gasteiger charge is -2.12. The Kier molecular flexibility index (Phi) is 4.37. The van der Waals surface area contributed by atoms with Crippen molar-refractivity contribution in [1.29, 1.82) is 0 Å². The smallest absolute Gasteiger partial charge is 0.270 e. The fraction of sp³-hybridized carbons (Fsp3) is 0.200. The van der Waals surface area contributed by atoms with E-state index < -0.39 is 4.92 Å². The maximum atomic E-state index is 13.5. The summed E-state index contributed by atoms with van der Waals surface area (Å²) in [5.41, 5.74) is 1.77. The molecule has 0 bridgehead atoms. The molecule has 0 radical (unpaired) electrons. The molecule has 21 heavy (non-hydrogen) atoms. The first-order valence-electron chi connectivity index (χ1n) is 6.33. The van der Waals surface area contributed by atoms with Crippen LogP contribution in [0, 0.1) is 22.9 Å². The minimum atomic E-state index is -0.462. The molecule has 2 aromatic rings. The number of non-ortho nitro benzene ring substituents is 1. The Bertz CT molecular complexity index is 674. The van der Waals surface area contributed by atoms with Crippen molar-refractivity contribution in [2.75, 3.05) is 12.4 Å². The molecule has 2 rings (SSSR count). The molecule has 0 aromatic heterocycles. The van der Waals surface area contributed by atoms with Gasteiger partial charge in [-0.3, -0.25) is 10.1 Å². The molecule has 0 spiro atoms. The Hall–Kier alpha value is -2.63. The predicted octanol–water partition coefficient (Wildman–Crippen LogP) is 3.66. The van der Waals surface area contributed by atoms with Crippen molar-refractivity contribution in [2.45, 2.75) is 13.5 Å². The monoisotopic (exact) mass is 290 g/mol. The summed E-state index contributed by atoms with van der Waals surface area (Å²) in [6.07, 6.45) is 0. The number of ether oxygens (including phenoxy) is 1. The van der Waals surface area contributed by atoms with E-state index in [0.29, 0.717) is 29.1 Å². The van der Waals surface area contributed by atoms with E-state index in [4.69, 9.17) is 4.74 Å². The zero-order valence-electron chi connectivity index (χ0n) is 11.7. The minimum absolute atomic E-state index is 0.0106. The Morgan fingerprint density at radius 2 is 2.10 bits per heavy atom. The molecule has 0 saturated carbocycles. The number of hydrogen-bond donors (Lipinski definition) is 1. The number of nitrogens with zero attached hydrogens (tertiary/aromatic N) is 1. The fourth-order valence-corrected chi connectivity index (χ4v) is 2.01. The third-order valence-electron chi connectivity index (χ3n) is 3.21. The lowest BCUT2D eigenvalue weighted by molar-refractivity contribution is -0.384. The summed E-state index contributed by atoms with van der Waals surface area (Å²) < 4.78 is 18.7.